The number of nitriles is 2. The maximum absolute atomic E-state index is 8.68. The van der Waals surface area contributed by atoms with E-state index in [-0.39, 0.29) is 5.57 Å². The number of furan rings is 1. The van der Waals surface area contributed by atoms with Crippen LogP contribution in [0.4, 0.5) is 0 Å². The van der Waals surface area contributed by atoms with Crippen LogP contribution in [0.2, 0.25) is 0 Å². The Hall–Kier alpha value is -1.85. The van der Waals surface area contributed by atoms with E-state index >= 15 is 0 Å². The van der Waals surface area contributed by atoms with Crippen LogP contribution in [0, 0.1) is 22.7 Å². The minimum atomic E-state index is 0.0917. The molecule has 1 rings (SSSR count). The third-order valence-corrected chi connectivity index (χ3v) is 2.41. The summed E-state index contributed by atoms with van der Waals surface area (Å²) in [5.41, 5.74) is 0.0917. The van der Waals surface area contributed by atoms with Gasteiger partial charge >= 0.3 is 0 Å². The van der Waals surface area contributed by atoms with Crippen LogP contribution < -0.4 is 5.32 Å². The van der Waals surface area contributed by atoms with E-state index in [1.807, 2.05) is 18.2 Å². The lowest BCUT2D eigenvalue weighted by molar-refractivity contribution is 0.498. The van der Waals surface area contributed by atoms with E-state index in [1.165, 1.54) is 11.8 Å². The lowest BCUT2D eigenvalue weighted by Crippen LogP contribution is -2.11. The fourth-order valence-corrected chi connectivity index (χ4v) is 1.48. The number of nitrogens with one attached hydrogen (secondary N) is 1. The van der Waals surface area contributed by atoms with Crippen molar-refractivity contribution in [2.75, 3.05) is 6.26 Å². The number of thioether (sulfide) groups is 1. The zero-order valence-electron chi connectivity index (χ0n) is 8.15. The molecule has 1 aromatic heterocycles. The van der Waals surface area contributed by atoms with E-state index in [1.54, 1.807) is 18.6 Å². The highest BCUT2D eigenvalue weighted by Gasteiger charge is 2.05. The fourth-order valence-electron chi connectivity index (χ4n) is 0.970. The summed E-state index contributed by atoms with van der Waals surface area (Å²) < 4.78 is 5.12. The van der Waals surface area contributed by atoms with Gasteiger partial charge in [0.25, 0.3) is 0 Å². The molecular weight excluding hydrogens is 210 g/mol. The molecule has 76 valence electrons. The Morgan fingerprint density at radius 1 is 1.53 bits per heavy atom. The smallest absolute Gasteiger partial charge is 0.159 e. The molecule has 0 radical (unpaired) electrons. The normalized spacial score (nSPS) is 8.73. The average Bonchev–Trinajstić information content (AvgIpc) is 2.77. The summed E-state index contributed by atoms with van der Waals surface area (Å²) in [6, 6.07) is 7.28. The quantitative estimate of drug-likeness (QED) is 0.784. The van der Waals surface area contributed by atoms with Gasteiger partial charge in [-0.1, -0.05) is 0 Å². The molecule has 15 heavy (non-hydrogen) atoms. The predicted octanol–water partition coefficient (Wildman–Crippen LogP) is 1.99. The lowest BCUT2D eigenvalue weighted by atomic mass is 10.3. The van der Waals surface area contributed by atoms with Crippen LogP contribution in [0.1, 0.15) is 5.76 Å². The van der Waals surface area contributed by atoms with Crippen molar-refractivity contribution in [1.29, 1.82) is 10.5 Å². The molecule has 1 aromatic rings. The Bertz CT molecular complexity index is 407. The Morgan fingerprint density at radius 3 is 2.73 bits per heavy atom. The molecule has 0 saturated carbocycles. The third-order valence-electron chi connectivity index (χ3n) is 1.66. The van der Waals surface area contributed by atoms with E-state index in [0.717, 1.165) is 5.76 Å². The van der Waals surface area contributed by atoms with Crippen LogP contribution in [-0.4, -0.2) is 6.26 Å². The van der Waals surface area contributed by atoms with Crippen molar-refractivity contribution in [2.24, 2.45) is 0 Å². The molecule has 0 aliphatic heterocycles. The molecule has 1 N–H and O–H groups in total. The molecular formula is C10H9N3OS. The van der Waals surface area contributed by atoms with Crippen molar-refractivity contribution in [3.8, 4) is 12.1 Å². The lowest BCUT2D eigenvalue weighted by Gasteiger charge is -2.05. The topological polar surface area (TPSA) is 72.8 Å². The van der Waals surface area contributed by atoms with Gasteiger partial charge in [0, 0.05) is 0 Å². The van der Waals surface area contributed by atoms with E-state index in [0.29, 0.717) is 11.6 Å². The van der Waals surface area contributed by atoms with Gasteiger partial charge in [0.1, 0.15) is 17.9 Å². The molecule has 0 atom stereocenters. The summed E-state index contributed by atoms with van der Waals surface area (Å²) in [7, 11) is 0. The van der Waals surface area contributed by atoms with E-state index in [9.17, 15) is 0 Å². The number of hydrogen-bond donors (Lipinski definition) is 1. The van der Waals surface area contributed by atoms with E-state index in [2.05, 4.69) is 5.32 Å². The molecule has 0 aromatic carbocycles. The van der Waals surface area contributed by atoms with Crippen LogP contribution in [-0.2, 0) is 6.54 Å². The Morgan fingerprint density at radius 2 is 2.27 bits per heavy atom. The molecule has 4 nitrogen and oxygen atoms in total. The molecule has 0 saturated heterocycles. The summed E-state index contributed by atoms with van der Waals surface area (Å²) >= 11 is 1.33. The van der Waals surface area contributed by atoms with Gasteiger partial charge in [0.05, 0.1) is 17.8 Å². The van der Waals surface area contributed by atoms with Crippen LogP contribution in [0.25, 0.3) is 0 Å². The van der Waals surface area contributed by atoms with Crippen molar-refractivity contribution < 1.29 is 4.42 Å². The second-order valence-corrected chi connectivity index (χ2v) is 3.38. The first-order valence-electron chi connectivity index (χ1n) is 4.16. The van der Waals surface area contributed by atoms with E-state index in [4.69, 9.17) is 14.9 Å². The summed E-state index contributed by atoms with van der Waals surface area (Å²) in [5.74, 6) is 0.761. The summed E-state index contributed by atoms with van der Waals surface area (Å²) in [4.78, 5) is 0. The molecule has 0 aliphatic rings. The van der Waals surface area contributed by atoms with Crippen LogP contribution in [0.15, 0.2) is 33.4 Å². The van der Waals surface area contributed by atoms with Gasteiger partial charge in [-0.25, -0.2) is 0 Å². The van der Waals surface area contributed by atoms with Crippen molar-refractivity contribution in [3.63, 3.8) is 0 Å². The minimum absolute atomic E-state index is 0.0917. The second kappa shape index (κ2) is 5.79. The second-order valence-electron chi connectivity index (χ2n) is 2.56. The van der Waals surface area contributed by atoms with Crippen LogP contribution >= 0.6 is 11.8 Å². The Balaban J connectivity index is 2.68. The van der Waals surface area contributed by atoms with Crippen molar-refractivity contribution in [2.45, 2.75) is 6.54 Å². The summed E-state index contributed by atoms with van der Waals surface area (Å²) in [5, 5.41) is 20.9. The number of allylic oxidation sites excluding steroid dienone is 1. The first-order chi connectivity index (χ1) is 7.31. The van der Waals surface area contributed by atoms with E-state index < -0.39 is 0 Å². The number of hydrogen-bond acceptors (Lipinski definition) is 5. The van der Waals surface area contributed by atoms with Gasteiger partial charge in [0.2, 0.25) is 0 Å². The zero-order valence-corrected chi connectivity index (χ0v) is 8.97. The first kappa shape index (κ1) is 11.2. The fraction of sp³-hybridized carbons (Fsp3) is 0.200. The SMILES string of the molecule is CSC(NCc1ccco1)=C(C#N)C#N. The Kier molecular flexibility index (Phi) is 4.33. The predicted molar refractivity (Wildman–Crippen MR) is 57.3 cm³/mol. The number of nitrogens with zero attached hydrogens (tertiary/aromatic N) is 2. The van der Waals surface area contributed by atoms with Gasteiger partial charge in [-0.05, 0) is 18.4 Å². The molecule has 5 heteroatoms. The molecule has 0 fully saturated rings. The minimum Gasteiger partial charge on any atom is -0.467 e. The van der Waals surface area contributed by atoms with Crippen molar-refractivity contribution in [1.82, 2.24) is 5.32 Å². The maximum Gasteiger partial charge on any atom is 0.159 e. The molecule has 1 heterocycles. The van der Waals surface area contributed by atoms with Gasteiger partial charge in [0.15, 0.2) is 5.57 Å². The van der Waals surface area contributed by atoms with Crippen LogP contribution in [0.3, 0.4) is 0 Å². The zero-order chi connectivity index (χ0) is 11.1. The highest BCUT2D eigenvalue weighted by Crippen LogP contribution is 2.13. The van der Waals surface area contributed by atoms with Crippen molar-refractivity contribution in [3.05, 3.63) is 34.8 Å². The average molecular weight is 219 g/mol. The third kappa shape index (κ3) is 3.08. The molecule has 0 aliphatic carbocycles. The molecule has 0 amide bonds. The van der Waals surface area contributed by atoms with Crippen molar-refractivity contribution >= 4 is 11.8 Å². The van der Waals surface area contributed by atoms with Gasteiger partial charge in [-0.2, -0.15) is 10.5 Å². The monoisotopic (exact) mass is 219 g/mol. The summed E-state index contributed by atoms with van der Waals surface area (Å²) in [6.45, 7) is 0.468. The number of rotatable bonds is 4. The maximum atomic E-state index is 8.68. The van der Waals surface area contributed by atoms with Crippen LogP contribution in [0.5, 0.6) is 0 Å². The largest absolute Gasteiger partial charge is 0.467 e. The molecule has 0 spiro atoms. The molecule has 0 bridgehead atoms. The first-order valence-corrected chi connectivity index (χ1v) is 5.39. The highest BCUT2D eigenvalue weighted by molar-refractivity contribution is 8.02. The van der Waals surface area contributed by atoms with Gasteiger partial charge in [-0.3, -0.25) is 0 Å². The highest BCUT2D eigenvalue weighted by atomic mass is 32.2. The molecule has 0 unspecified atom stereocenters. The van der Waals surface area contributed by atoms with Gasteiger partial charge < -0.3 is 9.73 Å². The standard InChI is InChI=1S/C10H9N3OS/c1-15-10(8(5-11)6-12)13-7-9-3-2-4-14-9/h2-4,13H,7H2,1H3. The van der Waals surface area contributed by atoms with Gasteiger partial charge in [-0.15, -0.1) is 11.8 Å². The summed E-state index contributed by atoms with van der Waals surface area (Å²) in [6.07, 6.45) is 3.38. The Labute approximate surface area is 92.2 Å².